The zero-order chi connectivity index (χ0) is 16.2. The van der Waals surface area contributed by atoms with Crippen molar-refractivity contribution in [3.63, 3.8) is 0 Å². The Balaban J connectivity index is 1.67. The van der Waals surface area contributed by atoms with Crippen molar-refractivity contribution in [2.75, 3.05) is 37.6 Å². The highest BCUT2D eigenvalue weighted by Crippen LogP contribution is 2.28. The molecule has 0 spiro atoms. The second kappa shape index (κ2) is 7.42. The van der Waals surface area contributed by atoms with Crippen LogP contribution >= 0.6 is 23.3 Å². The lowest BCUT2D eigenvalue weighted by molar-refractivity contribution is 0.265. The molecule has 1 aromatic heterocycles. The summed E-state index contributed by atoms with van der Waals surface area (Å²) in [5.74, 6) is 0.802. The summed E-state index contributed by atoms with van der Waals surface area (Å²) in [6, 6.07) is 4.59. The van der Waals surface area contributed by atoms with Crippen LogP contribution in [0.3, 0.4) is 0 Å². The van der Waals surface area contributed by atoms with Gasteiger partial charge in [0, 0.05) is 31.7 Å². The number of halogens is 2. The Kier molecular flexibility index (Phi) is 5.30. The molecule has 1 aliphatic rings. The van der Waals surface area contributed by atoms with Crippen molar-refractivity contribution in [2.24, 2.45) is 0 Å². The molecule has 8 heteroatoms. The van der Waals surface area contributed by atoms with Gasteiger partial charge in [-0.2, -0.15) is 4.37 Å². The van der Waals surface area contributed by atoms with Crippen LogP contribution in [0.1, 0.15) is 12.5 Å². The third kappa shape index (κ3) is 3.73. The van der Waals surface area contributed by atoms with E-state index in [0.717, 1.165) is 50.3 Å². The fourth-order valence-corrected chi connectivity index (χ4v) is 3.28. The zero-order valence-corrected chi connectivity index (χ0v) is 14.4. The molecule has 0 radical (unpaired) electrons. The Bertz CT molecular complexity index is 640. The second-order valence-electron chi connectivity index (χ2n) is 5.30. The molecule has 0 amide bonds. The molecule has 5 nitrogen and oxygen atoms in total. The van der Waals surface area contributed by atoms with Crippen LogP contribution in [-0.4, -0.2) is 46.4 Å². The molecule has 2 heterocycles. The number of nitrogens with zero attached hydrogens (tertiary/aromatic N) is 4. The summed E-state index contributed by atoms with van der Waals surface area (Å²) in [6.45, 7) is 7.01. The Labute approximate surface area is 144 Å². The predicted molar refractivity (Wildman–Crippen MR) is 90.0 cm³/mol. The second-order valence-corrected chi connectivity index (χ2v) is 6.24. The number of hydrogen-bond donors (Lipinski definition) is 0. The maximum Gasteiger partial charge on any atom is 0.271 e. The maximum atomic E-state index is 13.8. The Morgan fingerprint density at radius 2 is 2.04 bits per heavy atom. The number of piperazine rings is 1. The molecule has 2 aromatic rings. The molecule has 124 valence electrons. The zero-order valence-electron chi connectivity index (χ0n) is 12.8. The minimum absolute atomic E-state index is 0.0405. The number of benzene rings is 1. The lowest BCUT2D eigenvalue weighted by Crippen LogP contribution is -2.46. The lowest BCUT2D eigenvalue weighted by Gasteiger charge is -2.34. The minimum Gasteiger partial charge on any atom is -0.469 e. The first-order valence-electron chi connectivity index (χ1n) is 7.54. The topological polar surface area (TPSA) is 41.5 Å². The molecule has 0 N–H and O–H groups in total. The van der Waals surface area contributed by atoms with Gasteiger partial charge in [-0.05, 0) is 18.7 Å². The van der Waals surface area contributed by atoms with E-state index in [1.165, 1.54) is 6.07 Å². The number of ether oxygens (including phenoxy) is 1. The van der Waals surface area contributed by atoms with Crippen molar-refractivity contribution in [3.05, 3.63) is 34.6 Å². The fraction of sp³-hybridized carbons (Fsp3) is 0.467. The molecular weight excluding hydrogens is 339 g/mol. The molecule has 23 heavy (non-hydrogen) atoms. The molecule has 1 aliphatic heterocycles. The normalized spacial score (nSPS) is 15.9. The van der Waals surface area contributed by atoms with Crippen LogP contribution in [0.15, 0.2) is 18.2 Å². The van der Waals surface area contributed by atoms with Gasteiger partial charge in [0.15, 0.2) is 0 Å². The smallest absolute Gasteiger partial charge is 0.271 e. The molecule has 1 fully saturated rings. The first-order chi connectivity index (χ1) is 11.2. The summed E-state index contributed by atoms with van der Waals surface area (Å²) < 4.78 is 28.0. The van der Waals surface area contributed by atoms with E-state index in [1.54, 1.807) is 12.1 Å². The number of aromatic nitrogens is 2. The van der Waals surface area contributed by atoms with Crippen LogP contribution < -0.4 is 9.64 Å². The third-order valence-electron chi connectivity index (χ3n) is 3.98. The summed E-state index contributed by atoms with van der Waals surface area (Å²) >= 11 is 7.12. The number of rotatable bonds is 5. The highest BCUT2D eigenvalue weighted by atomic mass is 35.5. The van der Waals surface area contributed by atoms with Crippen molar-refractivity contribution < 1.29 is 9.13 Å². The number of likely N-dealkylation sites (N-methyl/N-ethyl adjacent to an activating group) is 1. The molecule has 0 atom stereocenters. The van der Waals surface area contributed by atoms with E-state index >= 15 is 0 Å². The Hall–Kier alpha value is -1.44. The summed E-state index contributed by atoms with van der Waals surface area (Å²) in [7, 11) is 0. The first-order valence-corrected chi connectivity index (χ1v) is 8.65. The van der Waals surface area contributed by atoms with E-state index in [4.69, 9.17) is 16.3 Å². The van der Waals surface area contributed by atoms with Crippen LogP contribution in [0.4, 0.5) is 10.2 Å². The Morgan fingerprint density at radius 3 is 2.74 bits per heavy atom. The fourth-order valence-electron chi connectivity index (χ4n) is 2.55. The average Bonchev–Trinajstić information content (AvgIpc) is 3.03. The molecule has 0 aliphatic carbocycles. The van der Waals surface area contributed by atoms with Gasteiger partial charge >= 0.3 is 0 Å². The van der Waals surface area contributed by atoms with Gasteiger partial charge < -0.3 is 14.5 Å². The van der Waals surface area contributed by atoms with E-state index in [1.807, 2.05) is 0 Å². The van der Waals surface area contributed by atoms with Gasteiger partial charge in [0.05, 0.1) is 16.8 Å². The quantitative estimate of drug-likeness (QED) is 0.823. The monoisotopic (exact) mass is 356 g/mol. The SMILES string of the molecule is CCN1CCN(c2nsnc2OCc2c(F)cccc2Cl)CC1. The summed E-state index contributed by atoms with van der Waals surface area (Å²) in [5.41, 5.74) is 0.337. The summed E-state index contributed by atoms with van der Waals surface area (Å²) in [6.07, 6.45) is 0. The van der Waals surface area contributed by atoms with E-state index < -0.39 is 0 Å². The molecular formula is C15H18ClFN4OS. The van der Waals surface area contributed by atoms with Crippen molar-refractivity contribution in [2.45, 2.75) is 13.5 Å². The summed E-state index contributed by atoms with van der Waals surface area (Å²) in [5, 5.41) is 0.353. The van der Waals surface area contributed by atoms with Crippen LogP contribution in [0, 0.1) is 5.82 Å². The van der Waals surface area contributed by atoms with Crippen molar-refractivity contribution >= 4 is 29.1 Å². The summed E-state index contributed by atoms with van der Waals surface area (Å²) in [4.78, 5) is 4.55. The van der Waals surface area contributed by atoms with Crippen molar-refractivity contribution in [1.82, 2.24) is 13.6 Å². The standard InChI is InChI=1S/C15H18ClFN4OS/c1-2-20-6-8-21(9-7-20)14-15(19-23-18-14)22-10-11-12(16)4-3-5-13(11)17/h3-5H,2,6-10H2,1H3. The van der Waals surface area contributed by atoms with Gasteiger partial charge in [-0.3, -0.25) is 0 Å². The van der Waals surface area contributed by atoms with Gasteiger partial charge in [-0.15, -0.1) is 4.37 Å². The average molecular weight is 357 g/mol. The highest BCUT2D eigenvalue weighted by molar-refractivity contribution is 6.99. The molecule has 1 aromatic carbocycles. The largest absolute Gasteiger partial charge is 0.469 e. The number of anilines is 1. The maximum absolute atomic E-state index is 13.8. The van der Waals surface area contributed by atoms with Crippen molar-refractivity contribution in [1.29, 1.82) is 0 Å². The van der Waals surface area contributed by atoms with Gasteiger partial charge in [-0.25, -0.2) is 4.39 Å². The van der Waals surface area contributed by atoms with Crippen LogP contribution in [0.5, 0.6) is 5.88 Å². The van der Waals surface area contributed by atoms with Gasteiger partial charge in [0.1, 0.15) is 12.4 Å². The minimum atomic E-state index is -0.376. The first kappa shape index (κ1) is 16.4. The predicted octanol–water partition coefficient (Wildman–Crippen LogP) is 3.05. The lowest BCUT2D eigenvalue weighted by atomic mass is 10.2. The van der Waals surface area contributed by atoms with Gasteiger partial charge in [0.25, 0.3) is 5.88 Å². The van der Waals surface area contributed by atoms with Gasteiger partial charge in [0.2, 0.25) is 5.82 Å². The molecule has 1 saturated heterocycles. The van der Waals surface area contributed by atoms with Crippen LogP contribution in [-0.2, 0) is 6.61 Å². The van der Waals surface area contributed by atoms with Crippen LogP contribution in [0.25, 0.3) is 0 Å². The third-order valence-corrected chi connectivity index (χ3v) is 4.83. The van der Waals surface area contributed by atoms with E-state index in [-0.39, 0.29) is 12.4 Å². The number of hydrogen-bond acceptors (Lipinski definition) is 6. The molecule has 3 rings (SSSR count). The van der Waals surface area contributed by atoms with Gasteiger partial charge in [-0.1, -0.05) is 24.6 Å². The van der Waals surface area contributed by atoms with E-state index in [9.17, 15) is 4.39 Å². The Morgan fingerprint density at radius 1 is 1.26 bits per heavy atom. The van der Waals surface area contributed by atoms with E-state index in [0.29, 0.717) is 16.5 Å². The highest BCUT2D eigenvalue weighted by Gasteiger charge is 2.22. The molecule has 0 bridgehead atoms. The molecule has 0 unspecified atom stereocenters. The van der Waals surface area contributed by atoms with Crippen LogP contribution in [0.2, 0.25) is 5.02 Å². The van der Waals surface area contributed by atoms with E-state index in [2.05, 4.69) is 25.5 Å². The van der Waals surface area contributed by atoms with Crippen molar-refractivity contribution in [3.8, 4) is 5.88 Å². The molecule has 0 saturated carbocycles.